The molecule has 0 saturated carbocycles. The largest absolute Gasteiger partial charge is 0.497 e. The Morgan fingerprint density at radius 2 is 1.87 bits per heavy atom. The van der Waals surface area contributed by atoms with E-state index < -0.39 is 0 Å². The first-order valence-corrected chi connectivity index (χ1v) is 10.2. The van der Waals surface area contributed by atoms with Gasteiger partial charge in [0.1, 0.15) is 5.75 Å². The molecule has 0 spiro atoms. The van der Waals surface area contributed by atoms with Gasteiger partial charge in [-0.1, -0.05) is 18.2 Å². The number of hydrogen-bond acceptors (Lipinski definition) is 4. The summed E-state index contributed by atoms with van der Waals surface area (Å²) >= 11 is 0. The first-order chi connectivity index (χ1) is 15.0. The van der Waals surface area contributed by atoms with Crippen LogP contribution < -0.4 is 15.0 Å². The lowest BCUT2D eigenvalue weighted by molar-refractivity contribution is -0.130. The molecule has 7 heteroatoms. The van der Waals surface area contributed by atoms with E-state index >= 15 is 0 Å². The van der Waals surface area contributed by atoms with Crippen LogP contribution in [-0.2, 0) is 16.1 Å². The van der Waals surface area contributed by atoms with Gasteiger partial charge in [-0.2, -0.15) is 0 Å². The summed E-state index contributed by atoms with van der Waals surface area (Å²) in [4.78, 5) is 40.3. The minimum atomic E-state index is -0.337. The molecule has 3 rings (SSSR count). The van der Waals surface area contributed by atoms with Crippen molar-refractivity contribution in [2.75, 3.05) is 31.6 Å². The van der Waals surface area contributed by atoms with E-state index in [-0.39, 0.29) is 24.3 Å². The van der Waals surface area contributed by atoms with Gasteiger partial charge in [0.25, 0.3) is 5.91 Å². The van der Waals surface area contributed by atoms with Gasteiger partial charge in [0.15, 0.2) is 0 Å². The fourth-order valence-electron chi connectivity index (χ4n) is 3.45. The predicted octanol–water partition coefficient (Wildman–Crippen LogP) is 2.77. The topological polar surface area (TPSA) is 79.0 Å². The summed E-state index contributed by atoms with van der Waals surface area (Å²) in [6.07, 6.45) is 3.06. The summed E-state index contributed by atoms with van der Waals surface area (Å²) in [5, 5.41) is 2.67. The van der Waals surface area contributed by atoms with Crippen molar-refractivity contribution in [3.63, 3.8) is 0 Å². The van der Waals surface area contributed by atoms with E-state index in [1.807, 2.05) is 24.3 Å². The van der Waals surface area contributed by atoms with Crippen LogP contribution in [0.4, 0.5) is 5.69 Å². The smallest absolute Gasteiger partial charge is 0.251 e. The van der Waals surface area contributed by atoms with Crippen molar-refractivity contribution in [3.8, 4) is 5.75 Å². The summed E-state index contributed by atoms with van der Waals surface area (Å²) in [5.74, 6) is 0.304. The van der Waals surface area contributed by atoms with E-state index in [9.17, 15) is 14.4 Å². The van der Waals surface area contributed by atoms with Crippen molar-refractivity contribution < 1.29 is 19.1 Å². The van der Waals surface area contributed by atoms with Crippen LogP contribution in [-0.4, -0.2) is 49.4 Å². The number of nitrogens with zero attached hydrogens (tertiary/aromatic N) is 2. The molecule has 3 amide bonds. The highest BCUT2D eigenvalue weighted by atomic mass is 16.5. The van der Waals surface area contributed by atoms with Crippen molar-refractivity contribution in [1.29, 1.82) is 0 Å². The number of carbonyl (C=O) groups is 3. The summed E-state index contributed by atoms with van der Waals surface area (Å²) in [7, 11) is 1.60. The van der Waals surface area contributed by atoms with E-state index in [0.29, 0.717) is 31.6 Å². The third-order valence-corrected chi connectivity index (χ3v) is 5.15. The Morgan fingerprint density at radius 3 is 2.45 bits per heavy atom. The highest BCUT2D eigenvalue weighted by molar-refractivity contribution is 5.98. The van der Waals surface area contributed by atoms with E-state index in [1.165, 1.54) is 0 Å². The number of rotatable bonds is 9. The molecule has 0 atom stereocenters. The molecular weight excluding hydrogens is 394 g/mol. The quantitative estimate of drug-likeness (QED) is 0.632. The van der Waals surface area contributed by atoms with Gasteiger partial charge in [-0.25, -0.2) is 0 Å². The molecule has 0 unspecified atom stereocenters. The van der Waals surface area contributed by atoms with E-state index in [1.54, 1.807) is 47.3 Å². The fourth-order valence-corrected chi connectivity index (χ4v) is 3.45. The average Bonchev–Trinajstić information content (AvgIpc) is 3.23. The second-order valence-electron chi connectivity index (χ2n) is 7.29. The second kappa shape index (κ2) is 10.4. The van der Waals surface area contributed by atoms with Crippen molar-refractivity contribution >= 4 is 23.4 Å². The van der Waals surface area contributed by atoms with Crippen LogP contribution >= 0.6 is 0 Å². The molecule has 0 bridgehead atoms. The maximum absolute atomic E-state index is 12.7. The Hall–Kier alpha value is -3.61. The Morgan fingerprint density at radius 1 is 1.16 bits per heavy atom. The summed E-state index contributed by atoms with van der Waals surface area (Å²) in [5.41, 5.74) is 2.18. The Labute approximate surface area is 182 Å². The van der Waals surface area contributed by atoms with E-state index in [0.717, 1.165) is 23.4 Å². The lowest BCUT2D eigenvalue weighted by Gasteiger charge is -2.22. The number of nitrogens with one attached hydrogen (secondary N) is 1. The first-order valence-electron chi connectivity index (χ1n) is 10.2. The van der Waals surface area contributed by atoms with Crippen molar-refractivity contribution in [2.24, 2.45) is 0 Å². The van der Waals surface area contributed by atoms with Gasteiger partial charge in [-0.3, -0.25) is 14.4 Å². The number of benzene rings is 2. The lowest BCUT2D eigenvalue weighted by atomic mass is 10.2. The normalized spacial score (nSPS) is 13.1. The highest BCUT2D eigenvalue weighted by Gasteiger charge is 2.22. The van der Waals surface area contributed by atoms with Crippen molar-refractivity contribution in [1.82, 2.24) is 10.2 Å². The molecule has 162 valence electrons. The summed E-state index contributed by atoms with van der Waals surface area (Å²) in [6.45, 7) is 5.08. The molecule has 0 aliphatic carbocycles. The first kappa shape index (κ1) is 22.1. The van der Waals surface area contributed by atoms with Gasteiger partial charge in [0.2, 0.25) is 11.8 Å². The Balaban J connectivity index is 1.56. The van der Waals surface area contributed by atoms with Crippen LogP contribution in [0.2, 0.25) is 0 Å². The zero-order valence-corrected chi connectivity index (χ0v) is 17.7. The lowest BCUT2D eigenvalue weighted by Crippen LogP contribution is -2.40. The highest BCUT2D eigenvalue weighted by Crippen LogP contribution is 2.21. The van der Waals surface area contributed by atoms with Gasteiger partial charge >= 0.3 is 0 Å². The molecule has 31 heavy (non-hydrogen) atoms. The number of carbonyl (C=O) groups excluding carboxylic acids is 3. The van der Waals surface area contributed by atoms with E-state index in [4.69, 9.17) is 4.74 Å². The maximum atomic E-state index is 12.7. The minimum absolute atomic E-state index is 0.0990. The zero-order valence-electron chi connectivity index (χ0n) is 17.7. The zero-order chi connectivity index (χ0) is 22.2. The van der Waals surface area contributed by atoms with Crippen molar-refractivity contribution in [2.45, 2.75) is 19.4 Å². The third kappa shape index (κ3) is 5.72. The van der Waals surface area contributed by atoms with Crippen LogP contribution in [0, 0.1) is 0 Å². The molecule has 2 aromatic rings. The van der Waals surface area contributed by atoms with Gasteiger partial charge in [0.05, 0.1) is 13.7 Å². The SMILES string of the molecule is C=CCN(Cc1ccc(OC)cc1)C(=O)CNC(=O)c1ccc(N2CCCC2=O)cc1. The molecular formula is C24H27N3O4. The fraction of sp³-hybridized carbons (Fsp3) is 0.292. The van der Waals surface area contributed by atoms with Crippen molar-refractivity contribution in [3.05, 3.63) is 72.3 Å². The number of anilines is 1. The second-order valence-corrected chi connectivity index (χ2v) is 7.29. The molecule has 7 nitrogen and oxygen atoms in total. The van der Waals surface area contributed by atoms with Crippen LogP contribution in [0.25, 0.3) is 0 Å². The number of hydrogen-bond donors (Lipinski definition) is 1. The molecule has 0 aromatic heterocycles. The van der Waals surface area contributed by atoms with Gasteiger partial charge < -0.3 is 19.9 Å². The van der Waals surface area contributed by atoms with E-state index in [2.05, 4.69) is 11.9 Å². The molecule has 2 aromatic carbocycles. The van der Waals surface area contributed by atoms with Crippen LogP contribution in [0.3, 0.4) is 0 Å². The minimum Gasteiger partial charge on any atom is -0.497 e. The number of ether oxygens (including phenoxy) is 1. The third-order valence-electron chi connectivity index (χ3n) is 5.15. The molecule has 1 aliphatic heterocycles. The van der Waals surface area contributed by atoms with Crippen LogP contribution in [0.1, 0.15) is 28.8 Å². The molecule has 1 aliphatic rings. The van der Waals surface area contributed by atoms with Crippen LogP contribution in [0.15, 0.2) is 61.2 Å². The van der Waals surface area contributed by atoms with Gasteiger partial charge in [0, 0.05) is 37.3 Å². The number of methoxy groups -OCH3 is 1. The summed E-state index contributed by atoms with van der Waals surface area (Å²) < 4.78 is 5.15. The van der Waals surface area contributed by atoms with Gasteiger partial charge in [-0.05, 0) is 48.4 Å². The summed E-state index contributed by atoms with van der Waals surface area (Å²) in [6, 6.07) is 14.3. The molecule has 1 N–H and O–H groups in total. The average molecular weight is 421 g/mol. The molecule has 1 saturated heterocycles. The Kier molecular flexibility index (Phi) is 7.43. The Bertz CT molecular complexity index is 938. The van der Waals surface area contributed by atoms with Crippen LogP contribution in [0.5, 0.6) is 5.75 Å². The molecule has 1 heterocycles. The number of amides is 3. The monoisotopic (exact) mass is 421 g/mol. The molecule has 0 radical (unpaired) electrons. The maximum Gasteiger partial charge on any atom is 0.251 e. The van der Waals surface area contributed by atoms with Gasteiger partial charge in [-0.15, -0.1) is 6.58 Å². The molecule has 1 fully saturated rings. The predicted molar refractivity (Wildman–Crippen MR) is 119 cm³/mol. The standard InChI is InChI=1S/C24H27N3O4/c1-3-14-26(17-18-6-12-21(31-2)13-7-18)23(29)16-25-24(30)19-8-10-20(11-9-19)27-15-4-5-22(27)28/h3,6-13H,1,4-5,14-17H2,2H3,(H,25,30).